The monoisotopic (exact) mass is 308 g/mol. The lowest BCUT2D eigenvalue weighted by Crippen LogP contribution is -1.94. The van der Waals surface area contributed by atoms with E-state index >= 15 is 0 Å². The minimum absolute atomic E-state index is 0.0597. The van der Waals surface area contributed by atoms with Gasteiger partial charge in [-0.25, -0.2) is 0 Å². The van der Waals surface area contributed by atoms with Crippen LogP contribution >= 0.6 is 0 Å². The predicted molar refractivity (Wildman–Crippen MR) is 92.0 cm³/mol. The highest BCUT2D eigenvalue weighted by Gasteiger charge is 2.09. The van der Waals surface area contributed by atoms with E-state index in [0.717, 1.165) is 22.2 Å². The average Bonchev–Trinajstić information content (AvgIpc) is 2.81. The lowest BCUT2D eigenvalue weighted by Gasteiger charge is -2.00. The lowest BCUT2D eigenvalue weighted by molar-refractivity contribution is -0.384. The molecule has 0 saturated heterocycles. The topological polar surface area (TPSA) is 72.5 Å². The summed E-state index contributed by atoms with van der Waals surface area (Å²) in [5, 5.41) is 16.0. The van der Waals surface area contributed by atoms with Gasteiger partial charge >= 0.3 is 0 Å². The zero-order valence-electron chi connectivity index (χ0n) is 12.9. The standard InChI is InChI=1S/C17H16N4O2/c1-12-16(15-5-3-4-6-17(15)20(12)2)11-18-19-13-7-9-14(10-8-13)21(22)23/h3-11,19H,1-2H3/b18-11+. The van der Waals surface area contributed by atoms with Gasteiger partial charge in [-0.1, -0.05) is 18.2 Å². The van der Waals surface area contributed by atoms with Crippen molar-refractivity contribution >= 4 is 28.5 Å². The van der Waals surface area contributed by atoms with Crippen LogP contribution in [0.3, 0.4) is 0 Å². The molecular formula is C17H16N4O2. The summed E-state index contributed by atoms with van der Waals surface area (Å²) in [5.41, 5.74) is 6.99. The van der Waals surface area contributed by atoms with Gasteiger partial charge in [-0.05, 0) is 25.1 Å². The molecule has 6 heteroatoms. The van der Waals surface area contributed by atoms with Crippen molar-refractivity contribution in [1.29, 1.82) is 0 Å². The number of hydrazone groups is 1. The summed E-state index contributed by atoms with van der Waals surface area (Å²) in [6.45, 7) is 2.05. The van der Waals surface area contributed by atoms with Gasteiger partial charge < -0.3 is 4.57 Å². The van der Waals surface area contributed by atoms with E-state index in [1.807, 2.05) is 26.1 Å². The summed E-state index contributed by atoms with van der Waals surface area (Å²) >= 11 is 0. The van der Waals surface area contributed by atoms with E-state index in [-0.39, 0.29) is 5.69 Å². The fourth-order valence-corrected chi connectivity index (χ4v) is 2.54. The van der Waals surface area contributed by atoms with E-state index in [2.05, 4.69) is 27.2 Å². The summed E-state index contributed by atoms with van der Waals surface area (Å²) in [7, 11) is 2.03. The molecule has 1 heterocycles. The molecule has 2 aromatic carbocycles. The lowest BCUT2D eigenvalue weighted by atomic mass is 10.1. The number of anilines is 1. The molecule has 3 aromatic rings. The maximum absolute atomic E-state index is 10.6. The Morgan fingerprint density at radius 2 is 1.87 bits per heavy atom. The van der Waals surface area contributed by atoms with Crippen molar-refractivity contribution in [2.45, 2.75) is 6.92 Å². The third-order valence-electron chi connectivity index (χ3n) is 3.91. The summed E-state index contributed by atoms with van der Waals surface area (Å²) in [6.07, 6.45) is 1.78. The molecule has 0 amide bonds. The first-order valence-electron chi connectivity index (χ1n) is 7.15. The third kappa shape index (κ3) is 2.78. The number of nitrogens with one attached hydrogen (secondary N) is 1. The number of rotatable bonds is 4. The zero-order valence-corrected chi connectivity index (χ0v) is 12.9. The molecule has 116 valence electrons. The Kier molecular flexibility index (Phi) is 3.80. The highest BCUT2D eigenvalue weighted by molar-refractivity contribution is 6.01. The Labute approximate surface area is 133 Å². The van der Waals surface area contributed by atoms with Gasteiger partial charge in [0.2, 0.25) is 0 Å². The first-order chi connectivity index (χ1) is 11.1. The molecule has 0 radical (unpaired) electrons. The number of hydrogen-bond acceptors (Lipinski definition) is 4. The fraction of sp³-hybridized carbons (Fsp3) is 0.118. The van der Waals surface area contributed by atoms with E-state index in [1.165, 1.54) is 12.1 Å². The minimum atomic E-state index is -0.424. The van der Waals surface area contributed by atoms with Crippen molar-refractivity contribution in [3.8, 4) is 0 Å². The van der Waals surface area contributed by atoms with Gasteiger partial charge in [0.05, 0.1) is 16.8 Å². The quantitative estimate of drug-likeness (QED) is 0.452. The molecule has 0 atom stereocenters. The Hall–Kier alpha value is -3.15. The number of nitro benzene ring substituents is 1. The largest absolute Gasteiger partial charge is 0.347 e. The highest BCUT2D eigenvalue weighted by atomic mass is 16.6. The molecular weight excluding hydrogens is 292 g/mol. The van der Waals surface area contributed by atoms with Crippen molar-refractivity contribution in [2.24, 2.45) is 12.1 Å². The maximum atomic E-state index is 10.6. The second-order valence-electron chi connectivity index (χ2n) is 5.25. The van der Waals surface area contributed by atoms with Gasteiger partial charge in [0.1, 0.15) is 0 Å². The fourth-order valence-electron chi connectivity index (χ4n) is 2.54. The first kappa shape index (κ1) is 14.8. The van der Waals surface area contributed by atoms with Crippen LogP contribution in [-0.4, -0.2) is 15.7 Å². The van der Waals surface area contributed by atoms with Crippen LogP contribution in [0, 0.1) is 17.0 Å². The molecule has 0 aliphatic heterocycles. The third-order valence-corrected chi connectivity index (χ3v) is 3.91. The van der Waals surface area contributed by atoms with Gasteiger partial charge in [0.15, 0.2) is 0 Å². The van der Waals surface area contributed by atoms with Crippen molar-refractivity contribution in [3.63, 3.8) is 0 Å². The summed E-state index contributed by atoms with van der Waals surface area (Å²) in [5.74, 6) is 0. The molecule has 0 aliphatic rings. The number of benzene rings is 2. The molecule has 1 N–H and O–H groups in total. The maximum Gasteiger partial charge on any atom is 0.269 e. The second kappa shape index (κ2) is 5.92. The van der Waals surface area contributed by atoms with Gasteiger partial charge in [0, 0.05) is 41.3 Å². The van der Waals surface area contributed by atoms with Crippen LogP contribution < -0.4 is 5.43 Å². The summed E-state index contributed by atoms with van der Waals surface area (Å²) in [4.78, 5) is 10.2. The molecule has 3 rings (SSSR count). The molecule has 6 nitrogen and oxygen atoms in total. The molecule has 0 spiro atoms. The van der Waals surface area contributed by atoms with Gasteiger partial charge in [-0.15, -0.1) is 0 Å². The zero-order chi connectivity index (χ0) is 16.4. The van der Waals surface area contributed by atoms with Crippen LogP contribution in [0.4, 0.5) is 11.4 Å². The molecule has 0 bridgehead atoms. The van der Waals surface area contributed by atoms with Crippen molar-refractivity contribution in [3.05, 3.63) is 69.9 Å². The Morgan fingerprint density at radius 3 is 2.57 bits per heavy atom. The average molecular weight is 308 g/mol. The number of fused-ring (bicyclic) bond motifs is 1. The second-order valence-corrected chi connectivity index (χ2v) is 5.25. The predicted octanol–water partition coefficient (Wildman–Crippen LogP) is 3.84. The number of nitrogens with zero attached hydrogens (tertiary/aromatic N) is 3. The highest BCUT2D eigenvalue weighted by Crippen LogP contribution is 2.23. The molecule has 0 fully saturated rings. The van der Waals surface area contributed by atoms with E-state index < -0.39 is 4.92 Å². The van der Waals surface area contributed by atoms with Crippen molar-refractivity contribution in [2.75, 3.05) is 5.43 Å². The van der Waals surface area contributed by atoms with E-state index in [0.29, 0.717) is 5.69 Å². The first-order valence-corrected chi connectivity index (χ1v) is 7.15. The molecule has 1 aromatic heterocycles. The molecule has 23 heavy (non-hydrogen) atoms. The SMILES string of the molecule is Cc1c(/C=N/Nc2ccc([N+](=O)[O-])cc2)c2ccccc2n1C. The number of hydrogen-bond donors (Lipinski definition) is 1. The van der Waals surface area contributed by atoms with Gasteiger partial charge in [-0.3, -0.25) is 15.5 Å². The van der Waals surface area contributed by atoms with Crippen molar-refractivity contribution in [1.82, 2.24) is 4.57 Å². The molecule has 0 aliphatic carbocycles. The van der Waals surface area contributed by atoms with Crippen LogP contribution in [0.15, 0.2) is 53.6 Å². The number of aryl methyl sites for hydroxylation is 1. The minimum Gasteiger partial charge on any atom is -0.347 e. The number of aromatic nitrogens is 1. The Morgan fingerprint density at radius 1 is 1.17 bits per heavy atom. The van der Waals surface area contributed by atoms with Crippen molar-refractivity contribution < 1.29 is 4.92 Å². The van der Waals surface area contributed by atoms with Crippen LogP contribution in [0.5, 0.6) is 0 Å². The van der Waals surface area contributed by atoms with Crippen LogP contribution in [-0.2, 0) is 7.05 Å². The van der Waals surface area contributed by atoms with Gasteiger partial charge in [-0.2, -0.15) is 5.10 Å². The van der Waals surface area contributed by atoms with Crippen LogP contribution in [0.25, 0.3) is 10.9 Å². The number of para-hydroxylation sites is 1. The van der Waals surface area contributed by atoms with E-state index in [4.69, 9.17) is 0 Å². The van der Waals surface area contributed by atoms with Crippen LogP contribution in [0.1, 0.15) is 11.3 Å². The van der Waals surface area contributed by atoms with Crippen LogP contribution in [0.2, 0.25) is 0 Å². The number of non-ortho nitro benzene ring substituents is 1. The molecule has 0 saturated carbocycles. The van der Waals surface area contributed by atoms with Gasteiger partial charge in [0.25, 0.3) is 5.69 Å². The Bertz CT molecular complexity index is 895. The Balaban J connectivity index is 1.83. The smallest absolute Gasteiger partial charge is 0.269 e. The normalized spacial score (nSPS) is 11.2. The summed E-state index contributed by atoms with van der Waals surface area (Å²) < 4.78 is 2.13. The summed E-state index contributed by atoms with van der Waals surface area (Å²) in [6, 6.07) is 14.3. The van der Waals surface area contributed by atoms with E-state index in [9.17, 15) is 10.1 Å². The molecule has 0 unspecified atom stereocenters. The van der Waals surface area contributed by atoms with E-state index in [1.54, 1.807) is 18.3 Å². The number of nitro groups is 1.